The maximum Gasteiger partial charge on any atom is 0.231 e. The van der Waals surface area contributed by atoms with Crippen LogP contribution in [0.5, 0.6) is 11.5 Å². The van der Waals surface area contributed by atoms with Crippen molar-refractivity contribution >= 4 is 0 Å². The molecular weight excluding hydrogens is 414 g/mol. The average Bonchev–Trinajstić information content (AvgIpc) is 3.32. The summed E-state index contributed by atoms with van der Waals surface area (Å²) in [5.74, 6) is 0.377. The lowest BCUT2D eigenvalue weighted by atomic mass is 9.58. The summed E-state index contributed by atoms with van der Waals surface area (Å²) in [7, 11) is 0. The lowest BCUT2D eigenvalue weighted by Gasteiger charge is -2.45. The highest BCUT2D eigenvalue weighted by atomic mass is 16.7. The molecule has 0 aromatic heterocycles. The van der Waals surface area contributed by atoms with E-state index in [-0.39, 0.29) is 24.0 Å². The van der Waals surface area contributed by atoms with Crippen LogP contribution in [0.15, 0.2) is 71.5 Å². The van der Waals surface area contributed by atoms with E-state index < -0.39 is 11.3 Å². The van der Waals surface area contributed by atoms with Gasteiger partial charge in [0.15, 0.2) is 16.9 Å². The second-order valence-electron chi connectivity index (χ2n) is 8.47. The maximum absolute atomic E-state index is 10.3. The lowest BCUT2D eigenvalue weighted by Crippen LogP contribution is -2.47. The Kier molecular flexibility index (Phi) is 5.02. The summed E-state index contributed by atoms with van der Waals surface area (Å²) in [6.07, 6.45) is 2.02. The molecule has 2 aromatic rings. The number of ether oxygens (including phenoxy) is 2. The summed E-state index contributed by atoms with van der Waals surface area (Å²) in [5, 5.41) is 30.4. The summed E-state index contributed by atoms with van der Waals surface area (Å²) in [6.45, 7) is 2.09. The Labute approximate surface area is 192 Å². The predicted octanol–water partition coefficient (Wildman–Crippen LogP) is 3.34. The fraction of sp³-hybridized carbons (Fsp3) is 0.269. The molecule has 2 N–H and O–H groups in total. The normalized spacial score (nSPS) is 23.0. The first-order valence-electron chi connectivity index (χ1n) is 10.7. The number of hydrogen-bond acceptors (Lipinski definition) is 7. The van der Waals surface area contributed by atoms with Crippen LogP contribution in [0.2, 0.25) is 0 Å². The number of allylic oxidation sites excluding steroid dienone is 2. The maximum atomic E-state index is 10.3. The predicted molar refractivity (Wildman–Crippen MR) is 119 cm³/mol. The van der Waals surface area contributed by atoms with Crippen LogP contribution < -0.4 is 15.2 Å². The lowest BCUT2D eigenvalue weighted by molar-refractivity contribution is 0.173. The van der Waals surface area contributed by atoms with Gasteiger partial charge in [0, 0.05) is 31.5 Å². The van der Waals surface area contributed by atoms with Crippen molar-refractivity contribution in [3.05, 3.63) is 82.6 Å². The number of rotatable bonds is 3. The summed E-state index contributed by atoms with van der Waals surface area (Å²) >= 11 is 0. The summed E-state index contributed by atoms with van der Waals surface area (Å²) in [4.78, 5) is 2.26. The molecule has 7 nitrogen and oxygen atoms in total. The van der Waals surface area contributed by atoms with Gasteiger partial charge in [-0.25, -0.2) is 0 Å². The fourth-order valence-electron chi connectivity index (χ4n) is 5.19. The first-order valence-corrected chi connectivity index (χ1v) is 10.7. The van der Waals surface area contributed by atoms with E-state index in [4.69, 9.17) is 15.2 Å². The third-order valence-corrected chi connectivity index (χ3v) is 6.74. The summed E-state index contributed by atoms with van der Waals surface area (Å²) < 4.78 is 11.0. The van der Waals surface area contributed by atoms with Crippen LogP contribution in [-0.4, -0.2) is 24.8 Å². The Morgan fingerprint density at radius 3 is 2.52 bits per heavy atom. The van der Waals surface area contributed by atoms with Crippen molar-refractivity contribution in [3.63, 3.8) is 0 Å². The molecule has 0 saturated carbocycles. The van der Waals surface area contributed by atoms with Crippen molar-refractivity contribution in [1.29, 1.82) is 15.8 Å². The van der Waals surface area contributed by atoms with Crippen LogP contribution in [0.4, 0.5) is 0 Å². The molecule has 0 unspecified atom stereocenters. The van der Waals surface area contributed by atoms with Gasteiger partial charge in [-0.1, -0.05) is 42.5 Å². The Morgan fingerprint density at radius 1 is 1.03 bits per heavy atom. The fourth-order valence-corrected chi connectivity index (χ4v) is 5.19. The molecule has 0 spiro atoms. The van der Waals surface area contributed by atoms with Gasteiger partial charge in [0.05, 0.1) is 23.4 Å². The van der Waals surface area contributed by atoms with Crippen molar-refractivity contribution in [2.45, 2.75) is 12.5 Å². The van der Waals surface area contributed by atoms with Gasteiger partial charge in [0.25, 0.3) is 0 Å². The van der Waals surface area contributed by atoms with Gasteiger partial charge < -0.3 is 15.2 Å². The largest absolute Gasteiger partial charge is 0.454 e. The molecule has 0 bridgehead atoms. The van der Waals surface area contributed by atoms with E-state index in [2.05, 4.69) is 35.2 Å². The van der Waals surface area contributed by atoms with E-state index in [1.165, 1.54) is 5.56 Å². The molecule has 5 rings (SSSR count). The minimum Gasteiger partial charge on any atom is -0.454 e. The van der Waals surface area contributed by atoms with Crippen molar-refractivity contribution in [1.82, 2.24) is 4.90 Å². The van der Waals surface area contributed by atoms with Crippen LogP contribution in [0, 0.1) is 45.3 Å². The minimum atomic E-state index is -1.67. The molecule has 33 heavy (non-hydrogen) atoms. The molecule has 0 fully saturated rings. The molecule has 0 saturated heterocycles. The third kappa shape index (κ3) is 3.21. The van der Waals surface area contributed by atoms with Gasteiger partial charge in [-0.05, 0) is 28.8 Å². The zero-order valence-corrected chi connectivity index (χ0v) is 17.9. The minimum absolute atomic E-state index is 0.0247. The molecule has 0 radical (unpaired) electrons. The van der Waals surface area contributed by atoms with Crippen LogP contribution in [0.25, 0.3) is 0 Å². The van der Waals surface area contributed by atoms with Gasteiger partial charge in [-0.3, -0.25) is 4.90 Å². The van der Waals surface area contributed by atoms with Crippen LogP contribution in [-0.2, 0) is 6.54 Å². The number of nitrogens with two attached hydrogens (primary N) is 1. The standard InChI is InChI=1S/C26H21N5O2/c27-11-20-19-8-9-31(12-17-4-2-1-3-5-17)13-21(19)24(26(14-28,15-29)25(20)30)18-6-7-22-23(10-18)33-16-32-22/h1-8,10,21,24H,9,12-13,16,30H2/t21-,24-/m1/s1. The smallest absolute Gasteiger partial charge is 0.231 e. The highest BCUT2D eigenvalue weighted by molar-refractivity contribution is 5.60. The summed E-state index contributed by atoms with van der Waals surface area (Å²) in [6, 6.07) is 22.2. The van der Waals surface area contributed by atoms with Gasteiger partial charge in [0.2, 0.25) is 6.79 Å². The zero-order chi connectivity index (χ0) is 23.0. The van der Waals surface area contributed by atoms with E-state index in [1.807, 2.05) is 36.4 Å². The topological polar surface area (TPSA) is 119 Å². The van der Waals surface area contributed by atoms with Crippen molar-refractivity contribution in [3.8, 4) is 29.7 Å². The van der Waals surface area contributed by atoms with Gasteiger partial charge in [-0.15, -0.1) is 0 Å². The Morgan fingerprint density at radius 2 is 1.79 bits per heavy atom. The van der Waals surface area contributed by atoms with Crippen LogP contribution in [0.3, 0.4) is 0 Å². The van der Waals surface area contributed by atoms with Crippen molar-refractivity contribution in [2.75, 3.05) is 19.9 Å². The van der Waals surface area contributed by atoms with Crippen LogP contribution >= 0.6 is 0 Å². The highest BCUT2D eigenvalue weighted by Gasteiger charge is 2.54. The quantitative estimate of drug-likeness (QED) is 0.785. The second-order valence-corrected chi connectivity index (χ2v) is 8.47. The molecule has 2 atom stereocenters. The Balaban J connectivity index is 1.63. The van der Waals surface area contributed by atoms with Gasteiger partial charge in [0.1, 0.15) is 6.07 Å². The second kappa shape index (κ2) is 8.02. The van der Waals surface area contributed by atoms with E-state index in [0.29, 0.717) is 24.6 Å². The van der Waals surface area contributed by atoms with Gasteiger partial charge >= 0.3 is 0 Å². The molecular formula is C26H21N5O2. The SMILES string of the molecule is N#CC1=C(N)C(C#N)(C#N)[C@H](c2ccc3c(c2)OCO3)[C@@H]2CN(Cc3ccccc3)CC=C12. The number of fused-ring (bicyclic) bond motifs is 2. The van der Waals surface area contributed by atoms with E-state index in [0.717, 1.165) is 17.7 Å². The van der Waals surface area contributed by atoms with Gasteiger partial charge in [-0.2, -0.15) is 15.8 Å². The van der Waals surface area contributed by atoms with Crippen molar-refractivity contribution < 1.29 is 9.47 Å². The first-order chi connectivity index (χ1) is 16.1. The monoisotopic (exact) mass is 435 g/mol. The third-order valence-electron chi connectivity index (χ3n) is 6.74. The van der Waals surface area contributed by atoms with E-state index in [9.17, 15) is 15.8 Å². The van der Waals surface area contributed by atoms with E-state index in [1.54, 1.807) is 6.07 Å². The molecule has 7 heteroatoms. The molecule has 2 aromatic carbocycles. The number of benzene rings is 2. The Hall–Kier alpha value is -4.25. The molecule has 162 valence electrons. The molecule has 2 heterocycles. The van der Waals surface area contributed by atoms with Crippen LogP contribution in [0.1, 0.15) is 17.0 Å². The first kappa shape index (κ1) is 20.6. The zero-order valence-electron chi connectivity index (χ0n) is 17.9. The molecule has 0 amide bonds. The van der Waals surface area contributed by atoms with E-state index >= 15 is 0 Å². The van der Waals surface area contributed by atoms with Crippen molar-refractivity contribution in [2.24, 2.45) is 17.1 Å². The summed E-state index contributed by atoms with van der Waals surface area (Å²) in [5.41, 5.74) is 7.75. The molecule has 1 aliphatic carbocycles. The number of nitriles is 3. The Bertz CT molecular complexity index is 1280. The number of hydrogen-bond donors (Lipinski definition) is 1. The molecule has 2 aliphatic heterocycles. The molecule has 3 aliphatic rings. The average molecular weight is 435 g/mol. The highest BCUT2D eigenvalue weighted by Crippen LogP contribution is 2.55. The number of nitrogens with zero attached hydrogens (tertiary/aromatic N) is 4.